The van der Waals surface area contributed by atoms with Gasteiger partial charge in [-0.05, 0) is 33.1 Å². The molecule has 0 heterocycles. The van der Waals surface area contributed by atoms with E-state index in [1.54, 1.807) is 7.05 Å². The Morgan fingerprint density at radius 1 is 1.44 bits per heavy atom. The lowest BCUT2D eigenvalue weighted by atomic mass is 9.76. The number of likely N-dealkylation sites (N-methyl/N-ethyl adjacent to an activating group) is 1. The van der Waals surface area contributed by atoms with Gasteiger partial charge in [0, 0.05) is 13.1 Å². The van der Waals surface area contributed by atoms with Crippen molar-refractivity contribution in [3.63, 3.8) is 0 Å². The molecular formula is C11H21N3O2. The SMILES string of the molecule is CC(C)NC(=O)CN(C)C(=O)C1(N)CCC1. The van der Waals surface area contributed by atoms with Crippen molar-refractivity contribution in [3.05, 3.63) is 0 Å². The van der Waals surface area contributed by atoms with Crippen LogP contribution in [0.15, 0.2) is 0 Å². The standard InChI is InChI=1S/C11H21N3O2/c1-8(2)13-9(15)7-14(3)10(16)11(12)5-4-6-11/h8H,4-7,12H2,1-3H3,(H,13,15). The van der Waals surface area contributed by atoms with Gasteiger partial charge < -0.3 is 16.0 Å². The number of carbonyl (C=O) groups excluding carboxylic acids is 2. The minimum Gasteiger partial charge on any atom is -0.352 e. The van der Waals surface area contributed by atoms with Gasteiger partial charge in [0.05, 0.1) is 12.1 Å². The van der Waals surface area contributed by atoms with E-state index in [0.29, 0.717) is 0 Å². The van der Waals surface area contributed by atoms with Crippen LogP contribution < -0.4 is 11.1 Å². The van der Waals surface area contributed by atoms with Crippen LogP contribution in [0.5, 0.6) is 0 Å². The summed E-state index contributed by atoms with van der Waals surface area (Å²) in [7, 11) is 1.62. The van der Waals surface area contributed by atoms with Gasteiger partial charge in [-0.3, -0.25) is 9.59 Å². The van der Waals surface area contributed by atoms with E-state index < -0.39 is 5.54 Å². The van der Waals surface area contributed by atoms with Crippen molar-refractivity contribution in [1.29, 1.82) is 0 Å². The number of nitrogens with two attached hydrogens (primary N) is 1. The van der Waals surface area contributed by atoms with Gasteiger partial charge in [0.1, 0.15) is 0 Å². The first-order valence-corrected chi connectivity index (χ1v) is 5.69. The fourth-order valence-electron chi connectivity index (χ4n) is 1.81. The second-order valence-corrected chi connectivity index (χ2v) is 4.89. The molecule has 1 fully saturated rings. The summed E-state index contributed by atoms with van der Waals surface area (Å²) in [5.74, 6) is -0.272. The largest absolute Gasteiger partial charge is 0.352 e. The molecule has 0 atom stereocenters. The van der Waals surface area contributed by atoms with Crippen LogP contribution in [0, 0.1) is 0 Å². The molecule has 0 aromatic heterocycles. The summed E-state index contributed by atoms with van der Waals surface area (Å²) in [5, 5.41) is 2.74. The smallest absolute Gasteiger partial charge is 0.242 e. The number of amides is 2. The van der Waals surface area contributed by atoms with Crippen LogP contribution in [0.3, 0.4) is 0 Å². The molecule has 5 heteroatoms. The topological polar surface area (TPSA) is 75.4 Å². The highest BCUT2D eigenvalue weighted by molar-refractivity contribution is 5.90. The van der Waals surface area contributed by atoms with Crippen LogP contribution in [0.4, 0.5) is 0 Å². The predicted octanol–water partition coefficient (Wildman–Crippen LogP) is -0.149. The molecule has 3 N–H and O–H groups in total. The molecule has 0 aliphatic heterocycles. The monoisotopic (exact) mass is 227 g/mol. The lowest BCUT2D eigenvalue weighted by molar-refractivity contribution is -0.141. The Kier molecular flexibility index (Phi) is 3.91. The van der Waals surface area contributed by atoms with Gasteiger partial charge in [0.15, 0.2) is 0 Å². The molecule has 92 valence electrons. The van der Waals surface area contributed by atoms with Gasteiger partial charge in [-0.25, -0.2) is 0 Å². The Hall–Kier alpha value is -1.10. The minimum atomic E-state index is -0.715. The molecule has 1 aliphatic rings. The minimum absolute atomic E-state index is 0.0793. The molecule has 5 nitrogen and oxygen atoms in total. The first-order chi connectivity index (χ1) is 7.35. The zero-order valence-corrected chi connectivity index (χ0v) is 10.2. The van der Waals surface area contributed by atoms with Crippen molar-refractivity contribution >= 4 is 11.8 Å². The molecule has 0 spiro atoms. The predicted molar refractivity (Wildman–Crippen MR) is 61.7 cm³/mol. The third-order valence-corrected chi connectivity index (χ3v) is 2.85. The maximum absolute atomic E-state index is 11.9. The molecule has 0 radical (unpaired) electrons. The highest BCUT2D eigenvalue weighted by Crippen LogP contribution is 2.30. The number of hydrogen-bond donors (Lipinski definition) is 2. The van der Waals surface area contributed by atoms with Gasteiger partial charge >= 0.3 is 0 Å². The van der Waals surface area contributed by atoms with E-state index in [-0.39, 0.29) is 24.4 Å². The van der Waals surface area contributed by atoms with Crippen molar-refractivity contribution in [2.75, 3.05) is 13.6 Å². The van der Waals surface area contributed by atoms with Crippen molar-refractivity contribution < 1.29 is 9.59 Å². The second kappa shape index (κ2) is 4.82. The van der Waals surface area contributed by atoms with Crippen LogP contribution >= 0.6 is 0 Å². The Balaban J connectivity index is 2.42. The van der Waals surface area contributed by atoms with Gasteiger partial charge in [-0.15, -0.1) is 0 Å². The van der Waals surface area contributed by atoms with E-state index >= 15 is 0 Å². The Morgan fingerprint density at radius 3 is 2.38 bits per heavy atom. The Labute approximate surface area is 96.4 Å². The second-order valence-electron chi connectivity index (χ2n) is 4.89. The lowest BCUT2D eigenvalue weighted by Crippen LogP contribution is -2.59. The lowest BCUT2D eigenvalue weighted by Gasteiger charge is -2.39. The first kappa shape index (κ1) is 13.0. The summed E-state index contributed by atoms with van der Waals surface area (Å²) < 4.78 is 0. The molecule has 1 rings (SSSR count). The molecule has 16 heavy (non-hydrogen) atoms. The molecule has 1 aliphatic carbocycles. The fraction of sp³-hybridized carbons (Fsp3) is 0.818. The summed E-state index contributed by atoms with van der Waals surface area (Å²) in [6, 6.07) is 0.0894. The molecular weight excluding hydrogens is 206 g/mol. The van der Waals surface area contributed by atoms with Gasteiger partial charge in [0.25, 0.3) is 0 Å². The van der Waals surface area contributed by atoms with Crippen molar-refractivity contribution in [2.45, 2.75) is 44.7 Å². The number of rotatable bonds is 4. The van der Waals surface area contributed by atoms with E-state index in [9.17, 15) is 9.59 Å². The first-order valence-electron chi connectivity index (χ1n) is 5.69. The third-order valence-electron chi connectivity index (χ3n) is 2.85. The quantitative estimate of drug-likeness (QED) is 0.701. The van der Waals surface area contributed by atoms with Crippen molar-refractivity contribution in [1.82, 2.24) is 10.2 Å². The van der Waals surface area contributed by atoms with Gasteiger partial charge in [0.2, 0.25) is 11.8 Å². The Morgan fingerprint density at radius 2 is 2.00 bits per heavy atom. The van der Waals surface area contributed by atoms with E-state index in [0.717, 1.165) is 19.3 Å². The third kappa shape index (κ3) is 2.95. The van der Waals surface area contributed by atoms with Crippen LogP contribution in [-0.2, 0) is 9.59 Å². The normalized spacial score (nSPS) is 17.8. The molecule has 2 amide bonds. The average molecular weight is 227 g/mol. The zero-order chi connectivity index (χ0) is 12.3. The Bertz CT molecular complexity index is 285. The maximum atomic E-state index is 11.9. The fourth-order valence-corrected chi connectivity index (χ4v) is 1.81. The van der Waals surface area contributed by atoms with Crippen molar-refractivity contribution in [2.24, 2.45) is 5.73 Å². The number of carbonyl (C=O) groups is 2. The summed E-state index contributed by atoms with van der Waals surface area (Å²) in [5.41, 5.74) is 5.19. The molecule has 0 unspecified atom stereocenters. The van der Waals surface area contributed by atoms with Crippen LogP contribution in [-0.4, -0.2) is 41.9 Å². The summed E-state index contributed by atoms with van der Waals surface area (Å²) in [4.78, 5) is 24.8. The molecule has 1 saturated carbocycles. The van der Waals surface area contributed by atoms with E-state index in [4.69, 9.17) is 5.73 Å². The van der Waals surface area contributed by atoms with E-state index in [1.807, 2.05) is 13.8 Å². The average Bonchev–Trinajstić information content (AvgIpc) is 2.11. The van der Waals surface area contributed by atoms with Crippen LogP contribution in [0.1, 0.15) is 33.1 Å². The molecule has 0 bridgehead atoms. The van der Waals surface area contributed by atoms with E-state index in [1.165, 1.54) is 4.90 Å². The highest BCUT2D eigenvalue weighted by atomic mass is 16.2. The molecule has 0 saturated heterocycles. The van der Waals surface area contributed by atoms with E-state index in [2.05, 4.69) is 5.32 Å². The van der Waals surface area contributed by atoms with Crippen LogP contribution in [0.2, 0.25) is 0 Å². The summed E-state index contributed by atoms with van der Waals surface area (Å²) in [6.07, 6.45) is 2.44. The maximum Gasteiger partial charge on any atom is 0.242 e. The highest BCUT2D eigenvalue weighted by Gasteiger charge is 2.42. The van der Waals surface area contributed by atoms with Gasteiger partial charge in [-0.1, -0.05) is 0 Å². The number of nitrogens with zero attached hydrogens (tertiary/aromatic N) is 1. The number of hydrogen-bond acceptors (Lipinski definition) is 3. The zero-order valence-electron chi connectivity index (χ0n) is 10.2. The van der Waals surface area contributed by atoms with Gasteiger partial charge in [-0.2, -0.15) is 0 Å². The number of nitrogens with one attached hydrogen (secondary N) is 1. The summed E-state index contributed by atoms with van der Waals surface area (Å²) in [6.45, 7) is 3.85. The molecule has 0 aromatic carbocycles. The van der Waals surface area contributed by atoms with Crippen LogP contribution in [0.25, 0.3) is 0 Å². The van der Waals surface area contributed by atoms with Crippen molar-refractivity contribution in [3.8, 4) is 0 Å². The summed E-state index contributed by atoms with van der Waals surface area (Å²) >= 11 is 0. The molecule has 0 aromatic rings.